The Bertz CT molecular complexity index is 1400. The van der Waals surface area contributed by atoms with E-state index in [4.69, 9.17) is 46.4 Å². The van der Waals surface area contributed by atoms with Crippen LogP contribution in [0.3, 0.4) is 0 Å². The fourth-order valence-electron chi connectivity index (χ4n) is 6.39. The van der Waals surface area contributed by atoms with Gasteiger partial charge in [0.05, 0.1) is 22.2 Å². The molecule has 0 saturated carbocycles. The van der Waals surface area contributed by atoms with Crippen molar-refractivity contribution in [2.75, 3.05) is 10.0 Å². The molecule has 0 aromatic heterocycles. The highest BCUT2D eigenvalue weighted by Crippen LogP contribution is 2.39. The van der Waals surface area contributed by atoms with E-state index in [1.807, 2.05) is 24.3 Å². The van der Waals surface area contributed by atoms with Crippen LogP contribution in [-0.4, -0.2) is 33.9 Å². The summed E-state index contributed by atoms with van der Waals surface area (Å²) in [7, 11) is 0. The fraction of sp³-hybridized carbons (Fsp3) is 0.568. The van der Waals surface area contributed by atoms with Crippen LogP contribution >= 0.6 is 46.4 Å². The van der Waals surface area contributed by atoms with Gasteiger partial charge in [0.1, 0.15) is 5.69 Å². The first kappa shape index (κ1) is 38.5. The van der Waals surface area contributed by atoms with Crippen molar-refractivity contribution in [2.24, 2.45) is 5.10 Å². The summed E-state index contributed by atoms with van der Waals surface area (Å²) in [6.07, 6.45) is 19.6. The van der Waals surface area contributed by atoms with Gasteiger partial charge in [-0.1, -0.05) is 150 Å². The number of rotatable bonds is 20. The summed E-state index contributed by atoms with van der Waals surface area (Å²) in [6.45, 7) is 2.26. The van der Waals surface area contributed by atoms with Crippen LogP contribution in [0.15, 0.2) is 41.5 Å². The van der Waals surface area contributed by atoms with Crippen LogP contribution in [0.25, 0.3) is 0 Å². The lowest BCUT2D eigenvalue weighted by atomic mass is 10.0. The van der Waals surface area contributed by atoms with Gasteiger partial charge in [-0.25, -0.2) is 5.01 Å². The predicted octanol–water partition coefficient (Wildman–Crippen LogP) is 11.3. The molecule has 1 unspecified atom stereocenters. The third kappa shape index (κ3) is 10.8. The summed E-state index contributed by atoms with van der Waals surface area (Å²) in [6, 6.07) is 10.4. The Morgan fingerprint density at radius 1 is 0.750 bits per heavy atom. The van der Waals surface area contributed by atoms with Crippen molar-refractivity contribution >= 4 is 81.3 Å². The van der Waals surface area contributed by atoms with Gasteiger partial charge in [0.2, 0.25) is 11.8 Å². The van der Waals surface area contributed by atoms with Crippen LogP contribution in [0.2, 0.25) is 15.1 Å². The Hall–Kier alpha value is -2.32. The lowest BCUT2D eigenvalue weighted by molar-refractivity contribution is -0.138. The quantitative estimate of drug-likeness (QED) is 0.0770. The number of benzene rings is 2. The largest absolute Gasteiger partial charge is 0.272 e. The van der Waals surface area contributed by atoms with Crippen molar-refractivity contribution in [3.05, 3.63) is 57.0 Å². The summed E-state index contributed by atoms with van der Waals surface area (Å²) in [5.41, 5.74) is 1.62. The van der Waals surface area contributed by atoms with Gasteiger partial charge in [-0.3, -0.25) is 14.4 Å². The standard InChI is InChI=1S/C37H48Cl4N4O3/c1-2-3-4-5-6-7-8-9-10-11-12-13-14-15-19-28(38)23-27-18-16-17-20-32(27)44(45-34(46)21-22-35(45)47)33-26-36(48)43(42-33)37-30(40)24-29(39)25-31(37)41/h16-18,20,24-25,28H,2-15,19,21-23,26H2,1H3. The Kier molecular flexibility index (Phi) is 15.8. The molecule has 0 N–H and O–H groups in total. The van der Waals surface area contributed by atoms with Crippen molar-refractivity contribution in [1.29, 1.82) is 0 Å². The lowest BCUT2D eigenvalue weighted by Crippen LogP contribution is -2.50. The van der Waals surface area contributed by atoms with Gasteiger partial charge in [0.25, 0.3) is 5.91 Å². The molecule has 0 spiro atoms. The van der Waals surface area contributed by atoms with Crippen molar-refractivity contribution in [3.8, 4) is 0 Å². The molecule has 2 aromatic carbocycles. The molecule has 11 heteroatoms. The third-order valence-corrected chi connectivity index (χ3v) is 10.1. The first-order valence-corrected chi connectivity index (χ1v) is 19.2. The molecule has 1 saturated heterocycles. The third-order valence-electron chi connectivity index (χ3n) is 8.96. The van der Waals surface area contributed by atoms with Crippen molar-refractivity contribution in [3.63, 3.8) is 0 Å². The number of alkyl halides is 1. The summed E-state index contributed by atoms with van der Waals surface area (Å²) in [5, 5.41) is 8.72. The molecular weight excluding hydrogens is 690 g/mol. The van der Waals surface area contributed by atoms with Gasteiger partial charge in [-0.15, -0.1) is 16.7 Å². The predicted molar refractivity (Wildman–Crippen MR) is 199 cm³/mol. The van der Waals surface area contributed by atoms with Gasteiger partial charge in [-0.2, -0.15) is 10.0 Å². The second kappa shape index (κ2) is 19.8. The van der Waals surface area contributed by atoms with E-state index >= 15 is 0 Å². The molecule has 4 rings (SSSR count). The molecule has 0 radical (unpaired) electrons. The SMILES string of the molecule is CCCCCCCCCCCCCCCCC(Cl)Cc1ccccc1N(C1=NN(c2c(Cl)cc(Cl)cc2Cl)C(=O)C1)N1C(=O)CCC1=O. The van der Waals surface area contributed by atoms with Gasteiger partial charge >= 0.3 is 0 Å². The average Bonchev–Trinajstić information content (AvgIpc) is 3.58. The molecule has 262 valence electrons. The van der Waals surface area contributed by atoms with E-state index in [1.54, 1.807) is 0 Å². The number of carbonyl (C=O) groups excluding carboxylic acids is 3. The smallest absolute Gasteiger partial charge is 0.255 e. The summed E-state index contributed by atoms with van der Waals surface area (Å²) >= 11 is 25.8. The number of nitrogens with zero attached hydrogens (tertiary/aromatic N) is 4. The molecule has 7 nitrogen and oxygen atoms in total. The number of amides is 3. The molecule has 48 heavy (non-hydrogen) atoms. The molecule has 3 amide bonds. The summed E-state index contributed by atoms with van der Waals surface area (Å²) in [4.78, 5) is 39.4. The van der Waals surface area contributed by atoms with E-state index in [0.717, 1.165) is 34.8 Å². The molecule has 2 heterocycles. The van der Waals surface area contributed by atoms with Crippen LogP contribution in [-0.2, 0) is 20.8 Å². The van der Waals surface area contributed by atoms with Crippen LogP contribution in [0.4, 0.5) is 11.4 Å². The number of hydrazine groups is 1. The lowest BCUT2D eigenvalue weighted by Gasteiger charge is -2.32. The normalized spacial score (nSPS) is 15.5. The Labute approximate surface area is 305 Å². The zero-order chi connectivity index (χ0) is 34.5. The Morgan fingerprint density at radius 2 is 1.27 bits per heavy atom. The monoisotopic (exact) mass is 736 g/mol. The number of para-hydroxylation sites is 1. The summed E-state index contributed by atoms with van der Waals surface area (Å²) < 4.78 is 0. The average molecular weight is 739 g/mol. The van der Waals surface area contributed by atoms with E-state index in [1.165, 1.54) is 94.2 Å². The maximum Gasteiger partial charge on any atom is 0.255 e. The second-order valence-corrected chi connectivity index (χ2v) is 14.7. The number of hydrogen-bond donors (Lipinski definition) is 0. The van der Waals surface area contributed by atoms with Crippen LogP contribution < -0.4 is 10.0 Å². The highest BCUT2D eigenvalue weighted by atomic mass is 35.5. The van der Waals surface area contributed by atoms with Gasteiger partial charge in [0.15, 0.2) is 5.84 Å². The Morgan fingerprint density at radius 3 is 1.83 bits per heavy atom. The number of amidine groups is 1. The zero-order valence-corrected chi connectivity index (χ0v) is 31.0. The number of anilines is 2. The van der Waals surface area contributed by atoms with Gasteiger partial charge in [-0.05, 0) is 36.6 Å². The molecule has 2 aromatic rings. The van der Waals surface area contributed by atoms with Crippen molar-refractivity contribution < 1.29 is 14.4 Å². The van der Waals surface area contributed by atoms with Crippen molar-refractivity contribution in [2.45, 2.75) is 134 Å². The van der Waals surface area contributed by atoms with E-state index in [2.05, 4.69) is 12.0 Å². The van der Waals surface area contributed by atoms with Crippen LogP contribution in [0.5, 0.6) is 0 Å². The number of carbonyl (C=O) groups is 3. The molecule has 2 aliphatic heterocycles. The fourth-order valence-corrected chi connectivity index (χ4v) is 7.68. The molecule has 0 bridgehead atoms. The maximum atomic E-state index is 13.3. The zero-order valence-electron chi connectivity index (χ0n) is 28.0. The first-order chi connectivity index (χ1) is 23.2. The number of unbranched alkanes of at least 4 members (excludes halogenated alkanes) is 13. The highest BCUT2D eigenvalue weighted by Gasteiger charge is 2.41. The molecule has 2 aliphatic rings. The highest BCUT2D eigenvalue weighted by molar-refractivity contribution is 6.42. The second-order valence-electron chi connectivity index (χ2n) is 12.8. The van der Waals surface area contributed by atoms with Crippen LogP contribution in [0, 0.1) is 0 Å². The maximum absolute atomic E-state index is 13.3. The number of hydrazone groups is 1. The number of hydrogen-bond acceptors (Lipinski definition) is 5. The first-order valence-electron chi connectivity index (χ1n) is 17.6. The van der Waals surface area contributed by atoms with E-state index < -0.39 is 5.91 Å². The minimum atomic E-state index is -0.411. The molecular formula is C37H48Cl4N4O3. The Balaban J connectivity index is 1.35. The number of imide groups is 1. The minimum Gasteiger partial charge on any atom is -0.272 e. The molecule has 1 atom stereocenters. The van der Waals surface area contributed by atoms with E-state index in [9.17, 15) is 14.4 Å². The van der Waals surface area contributed by atoms with E-state index in [0.29, 0.717) is 17.1 Å². The molecule has 0 aliphatic carbocycles. The summed E-state index contributed by atoms with van der Waals surface area (Å²) in [5.74, 6) is -0.937. The van der Waals surface area contributed by atoms with Crippen LogP contribution in [0.1, 0.15) is 128 Å². The van der Waals surface area contributed by atoms with Gasteiger partial charge in [0, 0.05) is 23.2 Å². The van der Waals surface area contributed by atoms with Gasteiger partial charge < -0.3 is 0 Å². The van der Waals surface area contributed by atoms with Crippen molar-refractivity contribution in [1.82, 2.24) is 5.01 Å². The number of halogens is 4. The topological polar surface area (TPSA) is 73.3 Å². The molecule has 1 fully saturated rings. The van der Waals surface area contributed by atoms with E-state index in [-0.39, 0.29) is 58.0 Å². The minimum absolute atomic E-state index is 0.0779.